The topological polar surface area (TPSA) is 54.9 Å². The molecule has 1 heterocycles. The first kappa shape index (κ1) is 14.0. The molecule has 1 aliphatic heterocycles. The molecule has 0 aliphatic carbocycles. The number of hydrogen-bond donors (Lipinski definition) is 2. The first-order valence-electron chi connectivity index (χ1n) is 6.89. The number of aliphatic imine (C=N–C) groups is 1. The summed E-state index contributed by atoms with van der Waals surface area (Å²) in [6, 6.07) is 15.5. The number of nitrogens with one attached hydrogen (secondary N) is 2. The Balaban J connectivity index is 1.80. The Bertz CT molecular complexity index is 640. The van der Waals surface area contributed by atoms with Crippen molar-refractivity contribution in [3.8, 4) is 11.5 Å². The number of ether oxygens (including phenoxy) is 2. The summed E-state index contributed by atoms with van der Waals surface area (Å²) < 4.78 is 10.3. The predicted molar refractivity (Wildman–Crippen MR) is 86.8 cm³/mol. The minimum atomic E-state index is 0.764. The average Bonchev–Trinajstić information content (AvgIpc) is 2.62. The fourth-order valence-corrected chi connectivity index (χ4v) is 2.13. The molecule has 0 fully saturated rings. The maximum atomic E-state index is 5.16. The van der Waals surface area contributed by atoms with Crippen LogP contribution >= 0.6 is 0 Å². The van der Waals surface area contributed by atoms with E-state index in [9.17, 15) is 0 Å². The SMILES string of the molecule is COc1ccc(C2=CN=C(c3ccc(OC)cc3)NN2)cc1. The molecule has 0 unspecified atom stereocenters. The van der Waals surface area contributed by atoms with Crippen molar-refractivity contribution in [2.24, 2.45) is 4.99 Å². The highest BCUT2D eigenvalue weighted by Gasteiger charge is 2.10. The normalized spacial score (nSPS) is 13.4. The van der Waals surface area contributed by atoms with Crippen LogP contribution in [0.5, 0.6) is 11.5 Å². The Hall–Kier alpha value is -2.95. The number of hydrogen-bond acceptors (Lipinski definition) is 5. The van der Waals surface area contributed by atoms with E-state index in [-0.39, 0.29) is 0 Å². The molecule has 0 bridgehead atoms. The molecule has 2 aromatic rings. The van der Waals surface area contributed by atoms with Gasteiger partial charge >= 0.3 is 0 Å². The second kappa shape index (κ2) is 6.22. The van der Waals surface area contributed by atoms with Gasteiger partial charge in [0.15, 0.2) is 5.84 Å². The largest absolute Gasteiger partial charge is 0.497 e. The molecule has 22 heavy (non-hydrogen) atoms. The zero-order valence-corrected chi connectivity index (χ0v) is 12.5. The summed E-state index contributed by atoms with van der Waals surface area (Å²) >= 11 is 0. The lowest BCUT2D eigenvalue weighted by molar-refractivity contribution is 0.414. The molecule has 2 aromatic carbocycles. The Morgan fingerprint density at radius 3 is 1.73 bits per heavy atom. The zero-order valence-electron chi connectivity index (χ0n) is 12.5. The van der Waals surface area contributed by atoms with E-state index in [1.54, 1.807) is 20.4 Å². The summed E-state index contributed by atoms with van der Waals surface area (Å²) in [5.41, 5.74) is 9.19. The van der Waals surface area contributed by atoms with Gasteiger partial charge in [0.2, 0.25) is 0 Å². The van der Waals surface area contributed by atoms with Gasteiger partial charge in [0.05, 0.1) is 26.1 Å². The molecule has 0 radical (unpaired) electrons. The Morgan fingerprint density at radius 1 is 0.727 bits per heavy atom. The average molecular weight is 295 g/mol. The van der Waals surface area contributed by atoms with Crippen molar-refractivity contribution in [1.29, 1.82) is 0 Å². The van der Waals surface area contributed by atoms with Gasteiger partial charge in [0.1, 0.15) is 11.5 Å². The number of methoxy groups -OCH3 is 2. The second-order valence-electron chi connectivity index (χ2n) is 4.73. The Kier molecular flexibility index (Phi) is 3.96. The number of benzene rings is 2. The minimum Gasteiger partial charge on any atom is -0.497 e. The molecule has 0 amide bonds. The third-order valence-corrected chi connectivity index (χ3v) is 3.40. The fraction of sp³-hybridized carbons (Fsp3) is 0.118. The Morgan fingerprint density at radius 2 is 1.27 bits per heavy atom. The molecule has 0 atom stereocenters. The van der Waals surface area contributed by atoms with Crippen molar-refractivity contribution >= 4 is 11.5 Å². The maximum Gasteiger partial charge on any atom is 0.151 e. The van der Waals surface area contributed by atoms with Crippen LogP contribution in [0.15, 0.2) is 59.7 Å². The summed E-state index contributed by atoms with van der Waals surface area (Å²) in [5.74, 6) is 2.41. The lowest BCUT2D eigenvalue weighted by Crippen LogP contribution is -2.38. The molecule has 0 spiro atoms. The van der Waals surface area contributed by atoms with Gasteiger partial charge in [0.25, 0.3) is 0 Å². The smallest absolute Gasteiger partial charge is 0.151 e. The van der Waals surface area contributed by atoms with E-state index in [0.717, 1.165) is 34.2 Å². The van der Waals surface area contributed by atoms with Crippen molar-refractivity contribution in [2.75, 3.05) is 14.2 Å². The van der Waals surface area contributed by atoms with Gasteiger partial charge in [0, 0.05) is 11.1 Å². The van der Waals surface area contributed by atoms with E-state index < -0.39 is 0 Å². The lowest BCUT2D eigenvalue weighted by atomic mass is 10.1. The molecule has 0 saturated carbocycles. The summed E-state index contributed by atoms with van der Waals surface area (Å²) in [7, 11) is 3.30. The highest BCUT2D eigenvalue weighted by Crippen LogP contribution is 2.18. The van der Waals surface area contributed by atoms with Crippen LogP contribution in [-0.2, 0) is 0 Å². The molecule has 112 valence electrons. The molecule has 5 heteroatoms. The first-order valence-corrected chi connectivity index (χ1v) is 6.89. The van der Waals surface area contributed by atoms with Crippen LogP contribution in [0.3, 0.4) is 0 Å². The maximum absolute atomic E-state index is 5.16. The second-order valence-corrected chi connectivity index (χ2v) is 4.73. The van der Waals surface area contributed by atoms with E-state index in [2.05, 4.69) is 15.8 Å². The molecule has 0 aromatic heterocycles. The standard InChI is InChI=1S/C17H17N3O2/c1-21-14-7-3-12(4-8-14)16-11-18-17(20-19-16)13-5-9-15(22-2)10-6-13/h3-11,19H,1-2H3,(H,18,20). The lowest BCUT2D eigenvalue weighted by Gasteiger charge is -2.19. The molecule has 0 saturated heterocycles. The van der Waals surface area contributed by atoms with Gasteiger partial charge in [-0.1, -0.05) is 0 Å². The monoisotopic (exact) mass is 295 g/mol. The summed E-state index contributed by atoms with van der Waals surface area (Å²) in [6.45, 7) is 0. The molecular weight excluding hydrogens is 278 g/mol. The third-order valence-electron chi connectivity index (χ3n) is 3.40. The third kappa shape index (κ3) is 2.88. The number of rotatable bonds is 4. The molecule has 5 nitrogen and oxygen atoms in total. The predicted octanol–water partition coefficient (Wildman–Crippen LogP) is 2.56. The zero-order chi connectivity index (χ0) is 15.4. The van der Waals surface area contributed by atoms with E-state index in [1.165, 1.54) is 0 Å². The first-order chi connectivity index (χ1) is 10.8. The van der Waals surface area contributed by atoms with Gasteiger partial charge in [-0.15, -0.1) is 0 Å². The fourth-order valence-electron chi connectivity index (χ4n) is 2.13. The van der Waals surface area contributed by atoms with Crippen LogP contribution in [0.1, 0.15) is 11.1 Å². The molecule has 2 N–H and O–H groups in total. The van der Waals surface area contributed by atoms with Crippen molar-refractivity contribution in [3.05, 3.63) is 65.9 Å². The highest BCUT2D eigenvalue weighted by molar-refractivity contribution is 6.00. The number of hydrazine groups is 1. The minimum absolute atomic E-state index is 0.764. The number of amidine groups is 1. The summed E-state index contributed by atoms with van der Waals surface area (Å²) in [6.07, 6.45) is 1.80. The van der Waals surface area contributed by atoms with Crippen LogP contribution in [0, 0.1) is 0 Å². The van der Waals surface area contributed by atoms with Crippen LogP contribution in [0.4, 0.5) is 0 Å². The van der Waals surface area contributed by atoms with Crippen molar-refractivity contribution in [3.63, 3.8) is 0 Å². The van der Waals surface area contributed by atoms with E-state index >= 15 is 0 Å². The quantitative estimate of drug-likeness (QED) is 0.910. The van der Waals surface area contributed by atoms with Crippen LogP contribution in [0.25, 0.3) is 5.70 Å². The van der Waals surface area contributed by atoms with Gasteiger partial charge in [-0.3, -0.25) is 10.9 Å². The molecular formula is C17H17N3O2. The van der Waals surface area contributed by atoms with Gasteiger partial charge in [-0.25, -0.2) is 4.99 Å². The van der Waals surface area contributed by atoms with E-state index in [1.807, 2.05) is 48.5 Å². The molecule has 3 rings (SSSR count). The molecule has 1 aliphatic rings. The van der Waals surface area contributed by atoms with Crippen LogP contribution in [-0.4, -0.2) is 20.1 Å². The van der Waals surface area contributed by atoms with Crippen LogP contribution in [0.2, 0.25) is 0 Å². The van der Waals surface area contributed by atoms with Gasteiger partial charge < -0.3 is 9.47 Å². The van der Waals surface area contributed by atoms with E-state index in [4.69, 9.17) is 9.47 Å². The summed E-state index contributed by atoms with van der Waals surface area (Å²) in [4.78, 5) is 4.46. The van der Waals surface area contributed by atoms with Crippen LogP contribution < -0.4 is 20.3 Å². The van der Waals surface area contributed by atoms with Crippen molar-refractivity contribution in [1.82, 2.24) is 10.9 Å². The van der Waals surface area contributed by atoms with Gasteiger partial charge in [-0.2, -0.15) is 0 Å². The number of nitrogens with zero attached hydrogens (tertiary/aromatic N) is 1. The van der Waals surface area contributed by atoms with Crippen molar-refractivity contribution < 1.29 is 9.47 Å². The summed E-state index contributed by atoms with van der Waals surface area (Å²) in [5, 5.41) is 0. The van der Waals surface area contributed by atoms with Gasteiger partial charge in [-0.05, 0) is 48.5 Å². The Labute approximate surface area is 129 Å². The van der Waals surface area contributed by atoms with E-state index in [0.29, 0.717) is 0 Å². The highest BCUT2D eigenvalue weighted by atomic mass is 16.5. The van der Waals surface area contributed by atoms with Crippen molar-refractivity contribution in [2.45, 2.75) is 0 Å².